The molecule has 0 bridgehead atoms. The first-order valence-electron chi connectivity index (χ1n) is 6.56. The highest BCUT2D eigenvalue weighted by atomic mass is 35.5. The second kappa shape index (κ2) is 4.63. The minimum absolute atomic E-state index is 0.253. The summed E-state index contributed by atoms with van der Waals surface area (Å²) in [6, 6.07) is 7.75. The van der Waals surface area contributed by atoms with E-state index >= 15 is 0 Å². The van der Waals surface area contributed by atoms with Crippen molar-refractivity contribution in [2.24, 2.45) is 0 Å². The van der Waals surface area contributed by atoms with Crippen LogP contribution in [0.3, 0.4) is 0 Å². The van der Waals surface area contributed by atoms with Crippen LogP contribution in [-0.2, 0) is 5.88 Å². The fraction of sp³-hybridized carbons (Fsp3) is 0.200. The molecule has 0 atom stereocenters. The lowest BCUT2D eigenvalue weighted by Gasteiger charge is -2.08. The van der Waals surface area contributed by atoms with Crippen LogP contribution in [0, 0.1) is 6.92 Å². The van der Waals surface area contributed by atoms with Gasteiger partial charge in [0.2, 0.25) is 6.79 Å². The maximum atomic E-state index is 6.04. The number of nitrogens with zero attached hydrogens (tertiary/aromatic N) is 3. The van der Waals surface area contributed by atoms with E-state index in [-0.39, 0.29) is 6.79 Å². The Kier molecular flexibility index (Phi) is 2.75. The third-order valence-corrected chi connectivity index (χ3v) is 3.68. The number of aryl methyl sites for hydroxylation is 1. The van der Waals surface area contributed by atoms with Crippen molar-refractivity contribution in [2.75, 3.05) is 6.79 Å². The summed E-state index contributed by atoms with van der Waals surface area (Å²) < 4.78 is 12.7. The van der Waals surface area contributed by atoms with Gasteiger partial charge in [-0.3, -0.25) is 4.57 Å². The van der Waals surface area contributed by atoms with Crippen LogP contribution in [0.1, 0.15) is 11.4 Å². The molecule has 0 saturated carbocycles. The molecule has 0 amide bonds. The van der Waals surface area contributed by atoms with E-state index in [0.717, 1.165) is 39.7 Å². The minimum Gasteiger partial charge on any atom is -0.454 e. The van der Waals surface area contributed by atoms with Gasteiger partial charge in [-0.1, -0.05) is 0 Å². The summed E-state index contributed by atoms with van der Waals surface area (Å²) in [5.41, 5.74) is 3.60. The van der Waals surface area contributed by atoms with Crippen molar-refractivity contribution in [1.29, 1.82) is 0 Å². The number of aromatic nitrogens is 3. The van der Waals surface area contributed by atoms with Crippen LogP contribution in [0.4, 0.5) is 0 Å². The van der Waals surface area contributed by atoms with Gasteiger partial charge in [0.25, 0.3) is 0 Å². The van der Waals surface area contributed by atoms with Crippen LogP contribution in [0.25, 0.3) is 16.9 Å². The summed E-state index contributed by atoms with van der Waals surface area (Å²) in [7, 11) is 0. The molecule has 1 aliphatic heterocycles. The Labute approximate surface area is 126 Å². The van der Waals surface area contributed by atoms with Crippen LogP contribution in [0.2, 0.25) is 0 Å². The van der Waals surface area contributed by atoms with Gasteiger partial charge in [-0.25, -0.2) is 9.97 Å². The largest absolute Gasteiger partial charge is 0.454 e. The monoisotopic (exact) mass is 301 g/mol. The van der Waals surface area contributed by atoms with Crippen molar-refractivity contribution in [1.82, 2.24) is 14.5 Å². The third kappa shape index (κ3) is 1.93. The highest BCUT2D eigenvalue weighted by Crippen LogP contribution is 2.34. The molecule has 5 nitrogen and oxygen atoms in total. The molecule has 6 heteroatoms. The molecule has 0 aliphatic carbocycles. The first kappa shape index (κ1) is 12.5. The summed E-state index contributed by atoms with van der Waals surface area (Å²) in [6.07, 6.45) is 1.82. The lowest BCUT2D eigenvalue weighted by Crippen LogP contribution is -2.00. The molecule has 0 spiro atoms. The summed E-state index contributed by atoms with van der Waals surface area (Å²) in [6.45, 7) is 2.25. The van der Waals surface area contributed by atoms with Gasteiger partial charge in [-0.15, -0.1) is 11.6 Å². The molecule has 21 heavy (non-hydrogen) atoms. The highest BCUT2D eigenvalue weighted by Gasteiger charge is 2.18. The van der Waals surface area contributed by atoms with E-state index in [1.165, 1.54) is 0 Å². The molecule has 3 heterocycles. The van der Waals surface area contributed by atoms with Crippen LogP contribution in [0.15, 0.2) is 30.5 Å². The van der Waals surface area contributed by atoms with Crippen LogP contribution < -0.4 is 9.47 Å². The molecule has 2 aromatic heterocycles. The molecule has 0 saturated heterocycles. The number of halogens is 1. The standard InChI is InChI=1S/C15H12ClN3O2/c1-9-4-11-15(17-7-9)19(14(6-16)18-11)10-2-3-12-13(5-10)21-8-20-12/h2-5,7H,6,8H2,1H3. The first-order valence-corrected chi connectivity index (χ1v) is 7.09. The van der Waals surface area contributed by atoms with Crippen LogP contribution >= 0.6 is 11.6 Å². The van der Waals surface area contributed by atoms with Gasteiger partial charge in [0.05, 0.1) is 11.6 Å². The molecule has 3 aromatic rings. The Morgan fingerprint density at radius 1 is 1.24 bits per heavy atom. The lowest BCUT2D eigenvalue weighted by atomic mass is 10.2. The van der Waals surface area contributed by atoms with E-state index < -0.39 is 0 Å². The number of imidazole rings is 1. The van der Waals surface area contributed by atoms with Crippen molar-refractivity contribution < 1.29 is 9.47 Å². The van der Waals surface area contributed by atoms with Crippen molar-refractivity contribution in [3.8, 4) is 17.2 Å². The number of rotatable bonds is 2. The summed E-state index contributed by atoms with van der Waals surface area (Å²) in [5.74, 6) is 2.54. The zero-order chi connectivity index (χ0) is 14.4. The van der Waals surface area contributed by atoms with Gasteiger partial charge in [0.1, 0.15) is 11.3 Å². The van der Waals surface area contributed by atoms with Crippen molar-refractivity contribution in [3.63, 3.8) is 0 Å². The number of hydrogen-bond acceptors (Lipinski definition) is 4. The number of pyridine rings is 1. The van der Waals surface area contributed by atoms with E-state index in [2.05, 4.69) is 9.97 Å². The Balaban J connectivity index is 1.96. The number of ether oxygens (including phenoxy) is 2. The molecular weight excluding hydrogens is 290 g/mol. The Morgan fingerprint density at radius 2 is 2.10 bits per heavy atom. The van der Waals surface area contributed by atoms with Gasteiger partial charge < -0.3 is 9.47 Å². The predicted molar refractivity (Wildman–Crippen MR) is 79.3 cm³/mol. The van der Waals surface area contributed by atoms with Crippen molar-refractivity contribution in [3.05, 3.63) is 41.9 Å². The zero-order valence-corrected chi connectivity index (χ0v) is 12.1. The SMILES string of the molecule is Cc1cnc2c(c1)nc(CCl)n2-c1ccc2c(c1)OCO2. The molecular formula is C15H12ClN3O2. The smallest absolute Gasteiger partial charge is 0.231 e. The molecule has 1 aromatic carbocycles. The average molecular weight is 302 g/mol. The van der Waals surface area contributed by atoms with Crippen LogP contribution in [-0.4, -0.2) is 21.3 Å². The maximum Gasteiger partial charge on any atom is 0.231 e. The number of hydrogen-bond donors (Lipinski definition) is 0. The Hall–Kier alpha value is -2.27. The molecule has 0 fully saturated rings. The lowest BCUT2D eigenvalue weighted by molar-refractivity contribution is 0.174. The van der Waals surface area contributed by atoms with Crippen molar-refractivity contribution >= 4 is 22.8 Å². The normalized spacial score (nSPS) is 13.0. The van der Waals surface area contributed by atoms with Crippen LogP contribution in [0.5, 0.6) is 11.5 Å². The quantitative estimate of drug-likeness (QED) is 0.682. The van der Waals surface area contributed by atoms with Gasteiger partial charge in [-0.2, -0.15) is 0 Å². The fourth-order valence-corrected chi connectivity index (χ4v) is 2.68. The highest BCUT2D eigenvalue weighted by molar-refractivity contribution is 6.16. The molecule has 1 aliphatic rings. The van der Waals surface area contributed by atoms with E-state index in [1.54, 1.807) is 0 Å². The number of alkyl halides is 1. The summed E-state index contributed by atoms with van der Waals surface area (Å²) >= 11 is 6.04. The number of fused-ring (bicyclic) bond motifs is 2. The summed E-state index contributed by atoms with van der Waals surface area (Å²) in [5, 5.41) is 0. The van der Waals surface area contributed by atoms with Gasteiger partial charge >= 0.3 is 0 Å². The predicted octanol–water partition coefficient (Wildman–Crippen LogP) is 3.20. The molecule has 106 valence electrons. The second-order valence-electron chi connectivity index (χ2n) is 4.89. The van der Waals surface area contributed by atoms with Gasteiger partial charge in [0.15, 0.2) is 17.1 Å². The molecule has 0 N–H and O–H groups in total. The zero-order valence-electron chi connectivity index (χ0n) is 11.3. The fourth-order valence-electron chi connectivity index (χ4n) is 2.50. The van der Waals surface area contributed by atoms with E-state index in [0.29, 0.717) is 5.88 Å². The van der Waals surface area contributed by atoms with Gasteiger partial charge in [-0.05, 0) is 30.7 Å². The first-order chi connectivity index (χ1) is 10.3. The second-order valence-corrected chi connectivity index (χ2v) is 5.16. The van der Waals surface area contributed by atoms with Gasteiger partial charge in [0, 0.05) is 12.3 Å². The molecule has 4 rings (SSSR count). The molecule has 0 unspecified atom stereocenters. The summed E-state index contributed by atoms with van der Waals surface area (Å²) in [4.78, 5) is 9.05. The average Bonchev–Trinajstić information content (AvgIpc) is 3.09. The Bertz CT molecular complexity index is 844. The minimum atomic E-state index is 0.253. The van der Waals surface area contributed by atoms with Crippen molar-refractivity contribution in [2.45, 2.75) is 12.8 Å². The molecule has 0 radical (unpaired) electrons. The van der Waals surface area contributed by atoms with E-state index in [1.807, 2.05) is 42.0 Å². The number of benzene rings is 1. The van der Waals surface area contributed by atoms with E-state index in [4.69, 9.17) is 21.1 Å². The topological polar surface area (TPSA) is 49.2 Å². The third-order valence-electron chi connectivity index (χ3n) is 3.44. The maximum absolute atomic E-state index is 6.04. The van der Waals surface area contributed by atoms with E-state index in [9.17, 15) is 0 Å². The Morgan fingerprint density at radius 3 is 2.95 bits per heavy atom.